The second-order valence-electron chi connectivity index (χ2n) is 4.11. The number of hydrogen-bond acceptors (Lipinski definition) is 3. The van der Waals surface area contributed by atoms with Gasteiger partial charge in [-0.05, 0) is 36.1 Å². The van der Waals surface area contributed by atoms with Crippen LogP contribution in [0.15, 0.2) is 30.1 Å². The average molecular weight is 248 g/mol. The largest absolute Gasteiger partial charge is 0.325 e. The van der Waals surface area contributed by atoms with Crippen LogP contribution in [0.4, 0.5) is 0 Å². The Hall–Kier alpha value is -1.68. The number of aldehydes is 1. The van der Waals surface area contributed by atoms with Crippen molar-refractivity contribution in [1.29, 1.82) is 0 Å². The van der Waals surface area contributed by atoms with Gasteiger partial charge in [-0.1, -0.05) is 6.08 Å². The summed E-state index contributed by atoms with van der Waals surface area (Å²) in [5, 5.41) is 1.21. The van der Waals surface area contributed by atoms with E-state index in [9.17, 15) is 4.79 Å². The lowest BCUT2D eigenvalue weighted by Gasteiger charge is -2.10. The molecule has 4 nitrogen and oxygen atoms in total. The fourth-order valence-corrected chi connectivity index (χ4v) is 2.36. The van der Waals surface area contributed by atoms with Crippen molar-refractivity contribution >= 4 is 28.9 Å². The topological polar surface area (TPSA) is 47.8 Å². The van der Waals surface area contributed by atoms with E-state index in [0.717, 1.165) is 35.7 Å². The molecule has 0 bridgehead atoms. The van der Waals surface area contributed by atoms with Crippen LogP contribution in [0.2, 0.25) is 5.28 Å². The Bertz CT molecular complexity index is 617. The SMILES string of the molecule is O=CC1=CC(n2ccc3cnc(Cl)nc32)CC1. The fraction of sp³-hybridized carbons (Fsp3) is 0.250. The van der Waals surface area contributed by atoms with Crippen molar-refractivity contribution in [2.45, 2.75) is 18.9 Å². The van der Waals surface area contributed by atoms with Crippen LogP contribution in [0.1, 0.15) is 18.9 Å². The fourth-order valence-electron chi connectivity index (χ4n) is 2.23. The van der Waals surface area contributed by atoms with Gasteiger partial charge in [-0.3, -0.25) is 4.79 Å². The van der Waals surface area contributed by atoms with Gasteiger partial charge in [0, 0.05) is 17.8 Å². The molecule has 0 radical (unpaired) electrons. The van der Waals surface area contributed by atoms with Crippen LogP contribution >= 0.6 is 11.6 Å². The van der Waals surface area contributed by atoms with Crippen LogP contribution in [-0.4, -0.2) is 20.8 Å². The summed E-state index contributed by atoms with van der Waals surface area (Å²) in [4.78, 5) is 18.9. The first kappa shape index (κ1) is 10.5. The third-order valence-electron chi connectivity index (χ3n) is 3.07. The molecule has 0 N–H and O–H groups in total. The summed E-state index contributed by atoms with van der Waals surface area (Å²) in [6.07, 6.45) is 8.34. The number of nitrogens with zero attached hydrogens (tertiary/aromatic N) is 3. The van der Waals surface area contributed by atoms with Crippen molar-refractivity contribution in [2.75, 3.05) is 0 Å². The molecule has 86 valence electrons. The van der Waals surface area contributed by atoms with Crippen molar-refractivity contribution in [1.82, 2.24) is 14.5 Å². The lowest BCUT2D eigenvalue weighted by Crippen LogP contribution is -2.03. The number of allylic oxidation sites excluding steroid dienone is 2. The highest BCUT2D eigenvalue weighted by Crippen LogP contribution is 2.30. The lowest BCUT2D eigenvalue weighted by atomic mass is 10.2. The first-order valence-corrected chi connectivity index (χ1v) is 5.80. The van der Waals surface area contributed by atoms with Gasteiger partial charge >= 0.3 is 0 Å². The molecule has 0 fully saturated rings. The highest BCUT2D eigenvalue weighted by molar-refractivity contribution is 6.28. The normalized spacial score (nSPS) is 19.6. The van der Waals surface area contributed by atoms with Gasteiger partial charge < -0.3 is 4.57 Å². The molecule has 1 aliphatic rings. The third-order valence-corrected chi connectivity index (χ3v) is 3.25. The average Bonchev–Trinajstić information content (AvgIpc) is 2.93. The van der Waals surface area contributed by atoms with Crippen LogP contribution in [0.25, 0.3) is 11.0 Å². The Balaban J connectivity index is 2.09. The Kier molecular flexibility index (Phi) is 2.44. The van der Waals surface area contributed by atoms with Crippen LogP contribution in [-0.2, 0) is 4.79 Å². The summed E-state index contributed by atoms with van der Waals surface area (Å²) in [5.74, 6) is 0. The molecule has 0 saturated carbocycles. The molecule has 2 aromatic rings. The standard InChI is InChI=1S/C12H10ClN3O/c13-12-14-6-9-3-4-16(11(9)15-12)10-2-1-8(5-10)7-17/h3-7,10H,1-2H2. The van der Waals surface area contributed by atoms with Crippen LogP contribution in [0.3, 0.4) is 0 Å². The number of aromatic nitrogens is 3. The van der Waals surface area contributed by atoms with Crippen molar-refractivity contribution in [3.05, 3.63) is 35.4 Å². The molecule has 3 rings (SSSR count). The van der Waals surface area contributed by atoms with E-state index in [1.54, 1.807) is 6.20 Å². The lowest BCUT2D eigenvalue weighted by molar-refractivity contribution is -0.105. The summed E-state index contributed by atoms with van der Waals surface area (Å²) < 4.78 is 2.04. The van der Waals surface area contributed by atoms with Gasteiger partial charge in [0.15, 0.2) is 0 Å². The molecule has 0 amide bonds. The van der Waals surface area contributed by atoms with E-state index in [4.69, 9.17) is 11.6 Å². The molecule has 1 unspecified atom stereocenters. The van der Waals surface area contributed by atoms with Gasteiger partial charge in [0.1, 0.15) is 11.9 Å². The first-order valence-electron chi connectivity index (χ1n) is 5.43. The summed E-state index contributed by atoms with van der Waals surface area (Å²) in [5.41, 5.74) is 1.68. The number of fused-ring (bicyclic) bond motifs is 1. The molecule has 0 aliphatic heterocycles. The number of hydrogen-bond donors (Lipinski definition) is 0. The Morgan fingerprint density at radius 1 is 1.53 bits per heavy atom. The zero-order valence-electron chi connectivity index (χ0n) is 9.01. The molecular formula is C12H10ClN3O. The molecular weight excluding hydrogens is 238 g/mol. The van der Waals surface area contributed by atoms with E-state index < -0.39 is 0 Å². The molecule has 1 atom stereocenters. The molecule has 1 aliphatic carbocycles. The van der Waals surface area contributed by atoms with E-state index >= 15 is 0 Å². The molecule has 0 spiro atoms. The molecule has 5 heteroatoms. The van der Waals surface area contributed by atoms with Gasteiger partial charge in [-0.25, -0.2) is 4.98 Å². The molecule has 0 saturated heterocycles. The van der Waals surface area contributed by atoms with Crippen molar-refractivity contribution in [3.63, 3.8) is 0 Å². The predicted molar refractivity (Wildman–Crippen MR) is 65.0 cm³/mol. The Labute approximate surface area is 103 Å². The maximum atomic E-state index is 10.7. The monoisotopic (exact) mass is 247 g/mol. The number of halogens is 1. The predicted octanol–water partition coefficient (Wildman–Crippen LogP) is 2.54. The maximum absolute atomic E-state index is 10.7. The minimum absolute atomic E-state index is 0.193. The van der Waals surface area contributed by atoms with Crippen LogP contribution < -0.4 is 0 Å². The van der Waals surface area contributed by atoms with Crippen LogP contribution in [0, 0.1) is 0 Å². The van der Waals surface area contributed by atoms with Gasteiger partial charge in [0.25, 0.3) is 0 Å². The minimum atomic E-state index is 0.193. The first-order chi connectivity index (χ1) is 8.28. The van der Waals surface area contributed by atoms with Gasteiger partial charge in [-0.2, -0.15) is 4.98 Å². The Morgan fingerprint density at radius 2 is 2.41 bits per heavy atom. The van der Waals surface area contributed by atoms with E-state index in [1.165, 1.54) is 0 Å². The van der Waals surface area contributed by atoms with Crippen LogP contribution in [0.5, 0.6) is 0 Å². The van der Waals surface area contributed by atoms with Gasteiger partial charge in [0.05, 0.1) is 6.04 Å². The second-order valence-corrected chi connectivity index (χ2v) is 4.44. The smallest absolute Gasteiger partial charge is 0.224 e. The zero-order chi connectivity index (χ0) is 11.8. The number of rotatable bonds is 2. The quantitative estimate of drug-likeness (QED) is 0.605. The number of carbonyl (C=O) groups is 1. The number of carbonyl (C=O) groups excluding carboxylic acids is 1. The maximum Gasteiger partial charge on any atom is 0.224 e. The van der Waals surface area contributed by atoms with Crippen molar-refractivity contribution in [3.8, 4) is 0 Å². The molecule has 2 heterocycles. The summed E-state index contributed by atoms with van der Waals surface area (Å²) >= 11 is 5.80. The molecule has 0 aromatic carbocycles. The zero-order valence-corrected chi connectivity index (χ0v) is 9.76. The van der Waals surface area contributed by atoms with Crippen molar-refractivity contribution in [2.24, 2.45) is 0 Å². The summed E-state index contributed by atoms with van der Waals surface area (Å²) in [6.45, 7) is 0. The van der Waals surface area contributed by atoms with E-state index in [0.29, 0.717) is 0 Å². The highest BCUT2D eigenvalue weighted by Gasteiger charge is 2.18. The van der Waals surface area contributed by atoms with Gasteiger partial charge in [0.2, 0.25) is 5.28 Å². The third kappa shape index (κ3) is 1.74. The van der Waals surface area contributed by atoms with Gasteiger partial charge in [-0.15, -0.1) is 0 Å². The molecule has 2 aromatic heterocycles. The van der Waals surface area contributed by atoms with Crippen molar-refractivity contribution < 1.29 is 4.79 Å². The Morgan fingerprint density at radius 3 is 3.18 bits per heavy atom. The summed E-state index contributed by atoms with van der Waals surface area (Å²) in [6, 6.07) is 2.15. The molecule has 17 heavy (non-hydrogen) atoms. The minimum Gasteiger partial charge on any atom is -0.325 e. The summed E-state index contributed by atoms with van der Waals surface area (Å²) in [7, 11) is 0. The second kappa shape index (κ2) is 3.96. The highest BCUT2D eigenvalue weighted by atomic mass is 35.5. The van der Waals surface area contributed by atoms with E-state index in [1.807, 2.05) is 22.9 Å². The van der Waals surface area contributed by atoms with E-state index in [2.05, 4.69) is 9.97 Å². The van der Waals surface area contributed by atoms with E-state index in [-0.39, 0.29) is 11.3 Å².